The topological polar surface area (TPSA) is 107 Å². The molecule has 0 amide bonds. The van der Waals surface area contributed by atoms with Crippen LogP contribution in [0.15, 0.2) is 77.4 Å². The van der Waals surface area contributed by atoms with Crippen LogP contribution in [0.2, 0.25) is 0 Å². The van der Waals surface area contributed by atoms with Gasteiger partial charge >= 0.3 is 0 Å². The van der Waals surface area contributed by atoms with Gasteiger partial charge in [0.15, 0.2) is 5.78 Å². The van der Waals surface area contributed by atoms with Gasteiger partial charge in [-0.3, -0.25) is 4.79 Å². The molecule has 2 heterocycles. The zero-order chi connectivity index (χ0) is 22.9. The van der Waals surface area contributed by atoms with Crippen LogP contribution >= 0.6 is 0 Å². The lowest BCUT2D eigenvalue weighted by molar-refractivity contribution is -0.116. The largest absolute Gasteiger partial charge is 0.497 e. The number of nitrogens with zero attached hydrogens (tertiary/aromatic N) is 2. The zero-order valence-corrected chi connectivity index (χ0v) is 18.0. The first-order chi connectivity index (χ1) is 16.1. The zero-order valence-electron chi connectivity index (χ0n) is 18.0. The summed E-state index contributed by atoms with van der Waals surface area (Å²) in [5.41, 5.74) is 8.10. The van der Waals surface area contributed by atoms with Crippen LogP contribution in [-0.4, -0.2) is 17.9 Å². The Morgan fingerprint density at radius 2 is 1.88 bits per heavy atom. The smallest absolute Gasteiger partial charge is 0.224 e. The third-order valence-corrected chi connectivity index (χ3v) is 5.91. The van der Waals surface area contributed by atoms with Gasteiger partial charge in [0.25, 0.3) is 0 Å². The number of carbonyl (C=O) groups is 1. The minimum atomic E-state index is -0.711. The number of Topliss-reactive ketones (excluding diaryl/α,β-unsaturated/α-hetero) is 1. The average Bonchev–Trinajstić information content (AvgIpc) is 2.83. The van der Waals surface area contributed by atoms with Crippen molar-refractivity contribution < 1.29 is 19.0 Å². The molecule has 0 saturated carbocycles. The van der Waals surface area contributed by atoms with Crippen LogP contribution in [0.25, 0.3) is 10.9 Å². The number of pyridine rings is 1. The molecule has 0 saturated heterocycles. The van der Waals surface area contributed by atoms with Gasteiger partial charge in [0, 0.05) is 29.4 Å². The van der Waals surface area contributed by atoms with Gasteiger partial charge < -0.3 is 19.9 Å². The highest BCUT2D eigenvalue weighted by atomic mass is 16.5. The molecule has 1 atom stereocenters. The Hall–Kier alpha value is -4.31. The number of aromatic nitrogens is 1. The van der Waals surface area contributed by atoms with Crippen molar-refractivity contribution >= 4 is 16.7 Å². The van der Waals surface area contributed by atoms with Crippen LogP contribution in [0.5, 0.6) is 17.4 Å². The number of fused-ring (bicyclic) bond motifs is 1. The van der Waals surface area contributed by atoms with Crippen molar-refractivity contribution in [2.24, 2.45) is 5.73 Å². The number of benzene rings is 2. The fourth-order valence-electron chi connectivity index (χ4n) is 4.33. The van der Waals surface area contributed by atoms with Gasteiger partial charge in [0.05, 0.1) is 18.5 Å². The van der Waals surface area contributed by atoms with Gasteiger partial charge in [0.2, 0.25) is 11.8 Å². The second-order valence-corrected chi connectivity index (χ2v) is 7.89. The van der Waals surface area contributed by atoms with E-state index < -0.39 is 5.92 Å². The number of allylic oxidation sites excluding steroid dienone is 3. The summed E-state index contributed by atoms with van der Waals surface area (Å²) in [6, 6.07) is 18.8. The van der Waals surface area contributed by atoms with E-state index in [2.05, 4.69) is 6.07 Å². The number of nitrogens with two attached hydrogens (primary N) is 1. The average molecular weight is 439 g/mol. The number of carbonyl (C=O) groups excluding carboxylic acids is 1. The van der Waals surface area contributed by atoms with E-state index in [1.807, 2.05) is 30.3 Å². The molecule has 2 aromatic carbocycles. The minimum Gasteiger partial charge on any atom is -0.497 e. The molecule has 3 aromatic rings. The third-order valence-electron chi connectivity index (χ3n) is 5.91. The number of rotatable bonds is 4. The number of hydrogen-bond donors (Lipinski definition) is 1. The van der Waals surface area contributed by atoms with Crippen LogP contribution in [0.3, 0.4) is 0 Å². The standard InChI is InChI=1S/C26H21N3O4/c1-31-16-9-11-17(12-10-16)32-26-18(13-15-5-2-3-6-20(15)29-26)23-19(14-27)25(28)33-22-8-4-7-21(30)24(22)23/h2-3,5-6,9-13,23H,4,7-8,28H2,1H3. The highest BCUT2D eigenvalue weighted by molar-refractivity contribution is 5.99. The van der Waals surface area contributed by atoms with Gasteiger partial charge in [0.1, 0.15) is 28.9 Å². The van der Waals surface area contributed by atoms with Crippen molar-refractivity contribution in [1.29, 1.82) is 5.26 Å². The van der Waals surface area contributed by atoms with Crippen LogP contribution < -0.4 is 15.2 Å². The fourth-order valence-corrected chi connectivity index (χ4v) is 4.33. The summed E-state index contributed by atoms with van der Waals surface area (Å²) >= 11 is 0. The molecule has 2 aliphatic rings. The first kappa shape index (κ1) is 20.6. The van der Waals surface area contributed by atoms with E-state index in [1.54, 1.807) is 31.4 Å². The van der Waals surface area contributed by atoms with Crippen molar-refractivity contribution in [3.63, 3.8) is 0 Å². The monoisotopic (exact) mass is 439 g/mol. The summed E-state index contributed by atoms with van der Waals surface area (Å²) in [5.74, 6) is 1.32. The van der Waals surface area contributed by atoms with Crippen LogP contribution in [0, 0.1) is 11.3 Å². The summed E-state index contributed by atoms with van der Waals surface area (Å²) in [4.78, 5) is 17.7. The molecular formula is C26H21N3O4. The minimum absolute atomic E-state index is 0.0134. The molecule has 2 N–H and O–H groups in total. The maximum atomic E-state index is 13.0. The van der Waals surface area contributed by atoms with E-state index in [4.69, 9.17) is 24.9 Å². The van der Waals surface area contributed by atoms with Gasteiger partial charge in [-0.1, -0.05) is 18.2 Å². The van der Waals surface area contributed by atoms with E-state index in [-0.39, 0.29) is 17.2 Å². The van der Waals surface area contributed by atoms with Gasteiger partial charge in [-0.05, 0) is 42.8 Å². The molecule has 1 aliphatic heterocycles. The lowest BCUT2D eigenvalue weighted by Gasteiger charge is -2.31. The molecule has 5 rings (SSSR count). The molecule has 1 aliphatic carbocycles. The van der Waals surface area contributed by atoms with Gasteiger partial charge in [-0.25, -0.2) is 4.98 Å². The predicted molar refractivity (Wildman–Crippen MR) is 121 cm³/mol. The maximum Gasteiger partial charge on any atom is 0.224 e. The SMILES string of the molecule is COc1ccc(Oc2nc3ccccc3cc2C2C(C#N)=C(N)OC3=C2C(=O)CCC3)cc1. The van der Waals surface area contributed by atoms with Crippen molar-refractivity contribution in [2.45, 2.75) is 25.2 Å². The first-order valence-electron chi connectivity index (χ1n) is 10.6. The van der Waals surface area contributed by atoms with E-state index in [0.717, 1.165) is 10.9 Å². The second kappa shape index (κ2) is 8.32. The molecule has 7 nitrogen and oxygen atoms in total. The van der Waals surface area contributed by atoms with Crippen LogP contribution in [0.1, 0.15) is 30.7 Å². The molecule has 1 unspecified atom stereocenters. The number of ketones is 1. The Labute approximate surface area is 190 Å². The van der Waals surface area contributed by atoms with Gasteiger partial charge in [-0.2, -0.15) is 5.26 Å². The lowest BCUT2D eigenvalue weighted by atomic mass is 9.77. The van der Waals surface area contributed by atoms with Crippen molar-refractivity contribution in [3.8, 4) is 23.4 Å². The molecule has 164 valence electrons. The Balaban J connectivity index is 1.71. The lowest BCUT2D eigenvalue weighted by Crippen LogP contribution is -2.27. The molecule has 7 heteroatoms. The first-order valence-corrected chi connectivity index (χ1v) is 10.6. The molecule has 0 radical (unpaired) electrons. The highest BCUT2D eigenvalue weighted by Crippen LogP contribution is 2.46. The summed E-state index contributed by atoms with van der Waals surface area (Å²) in [5, 5.41) is 10.8. The highest BCUT2D eigenvalue weighted by Gasteiger charge is 2.40. The van der Waals surface area contributed by atoms with Crippen LogP contribution in [-0.2, 0) is 9.53 Å². The number of hydrogen-bond acceptors (Lipinski definition) is 7. The van der Waals surface area contributed by atoms with Gasteiger partial charge in [-0.15, -0.1) is 0 Å². The molecular weight excluding hydrogens is 418 g/mol. The predicted octanol–water partition coefficient (Wildman–Crippen LogP) is 4.85. The molecule has 1 aromatic heterocycles. The van der Waals surface area contributed by atoms with E-state index >= 15 is 0 Å². The van der Waals surface area contributed by atoms with Crippen molar-refractivity contribution in [1.82, 2.24) is 4.98 Å². The molecule has 0 fully saturated rings. The van der Waals surface area contributed by atoms with Crippen LogP contribution in [0.4, 0.5) is 0 Å². The second-order valence-electron chi connectivity index (χ2n) is 7.89. The molecule has 0 bridgehead atoms. The summed E-state index contributed by atoms with van der Waals surface area (Å²) in [6.07, 6.45) is 1.67. The maximum absolute atomic E-state index is 13.0. The van der Waals surface area contributed by atoms with E-state index in [0.29, 0.717) is 53.5 Å². The summed E-state index contributed by atoms with van der Waals surface area (Å²) < 4.78 is 17.1. The Kier molecular flexibility index (Phi) is 5.19. The van der Waals surface area contributed by atoms with E-state index in [9.17, 15) is 10.1 Å². The number of para-hydroxylation sites is 1. The normalized spacial score (nSPS) is 17.9. The Morgan fingerprint density at radius 1 is 1.12 bits per heavy atom. The number of methoxy groups -OCH3 is 1. The number of ether oxygens (including phenoxy) is 3. The summed E-state index contributed by atoms with van der Waals surface area (Å²) in [6.45, 7) is 0. The Morgan fingerprint density at radius 3 is 2.64 bits per heavy atom. The quantitative estimate of drug-likeness (QED) is 0.619. The molecule has 33 heavy (non-hydrogen) atoms. The van der Waals surface area contributed by atoms with Crippen molar-refractivity contribution in [2.75, 3.05) is 7.11 Å². The van der Waals surface area contributed by atoms with Crippen molar-refractivity contribution in [3.05, 3.63) is 82.9 Å². The third kappa shape index (κ3) is 3.66. The molecule has 0 spiro atoms. The van der Waals surface area contributed by atoms with E-state index in [1.165, 1.54) is 0 Å². The summed E-state index contributed by atoms with van der Waals surface area (Å²) in [7, 11) is 1.59. The number of nitriles is 1. The fraction of sp³-hybridized carbons (Fsp3) is 0.192. The Bertz CT molecular complexity index is 1370.